The van der Waals surface area contributed by atoms with Crippen LogP contribution in [0.25, 0.3) is 0 Å². The van der Waals surface area contributed by atoms with Gasteiger partial charge in [-0.15, -0.1) is 0 Å². The lowest BCUT2D eigenvalue weighted by Gasteiger charge is -2.24. The number of thioether (sulfide) groups is 1. The lowest BCUT2D eigenvalue weighted by Crippen LogP contribution is -2.54. The van der Waals surface area contributed by atoms with E-state index in [1.165, 1.54) is 11.8 Å². The van der Waals surface area contributed by atoms with Gasteiger partial charge in [-0.25, -0.2) is 4.79 Å². The van der Waals surface area contributed by atoms with Gasteiger partial charge in [0, 0.05) is 0 Å². The van der Waals surface area contributed by atoms with Crippen LogP contribution < -0.4 is 15.7 Å². The number of carboxylic acids is 1. The molecule has 0 saturated carbocycles. The molecule has 1 rings (SSSR count). The molecular formula is C19H27N2O5S-. The number of benzene rings is 1. The normalized spacial score (nSPS) is 12.9. The van der Waals surface area contributed by atoms with Gasteiger partial charge in [0.25, 0.3) is 0 Å². The summed E-state index contributed by atoms with van der Waals surface area (Å²) in [5, 5.41) is 16.2. The Morgan fingerprint density at radius 3 is 2.33 bits per heavy atom. The van der Waals surface area contributed by atoms with Gasteiger partial charge in [0.1, 0.15) is 12.6 Å². The molecule has 0 aliphatic rings. The smallest absolute Gasteiger partial charge is 0.408 e. The van der Waals surface area contributed by atoms with E-state index in [-0.39, 0.29) is 18.9 Å². The third kappa shape index (κ3) is 9.33. The standard InChI is InChI=1S/C19H28N2O5S/c1-13(2)11-16(17(22)20-15(18(23)24)9-10-27-3)21-19(25)26-12-14-7-5-4-6-8-14/h4-8,13,15-16H,9-12H2,1-3H3,(H,20,22)(H,21,25)(H,23,24)/p-1/t15-,16-/m0/s1. The molecule has 1 aromatic rings. The number of nitrogens with one attached hydrogen (secondary N) is 2. The summed E-state index contributed by atoms with van der Waals surface area (Å²) in [5.74, 6) is -1.22. The second-order valence-corrected chi connectivity index (χ2v) is 7.54. The van der Waals surface area contributed by atoms with Crippen molar-refractivity contribution in [3.63, 3.8) is 0 Å². The topological polar surface area (TPSA) is 108 Å². The Labute approximate surface area is 164 Å². The fraction of sp³-hybridized carbons (Fsp3) is 0.526. The van der Waals surface area contributed by atoms with Crippen molar-refractivity contribution in [2.24, 2.45) is 5.92 Å². The van der Waals surface area contributed by atoms with E-state index in [1.807, 2.05) is 50.4 Å². The fourth-order valence-corrected chi connectivity index (χ4v) is 2.84. The molecule has 0 heterocycles. The lowest BCUT2D eigenvalue weighted by molar-refractivity contribution is -0.308. The molecule has 2 N–H and O–H groups in total. The van der Waals surface area contributed by atoms with Crippen molar-refractivity contribution >= 4 is 29.7 Å². The van der Waals surface area contributed by atoms with Crippen LogP contribution in [0.4, 0.5) is 4.79 Å². The SMILES string of the molecule is CSCC[C@H](NC(=O)[C@H](CC(C)C)NC(=O)OCc1ccccc1)C(=O)[O-]. The summed E-state index contributed by atoms with van der Waals surface area (Å²) in [5.41, 5.74) is 0.826. The van der Waals surface area contributed by atoms with Crippen molar-refractivity contribution in [2.75, 3.05) is 12.0 Å². The summed E-state index contributed by atoms with van der Waals surface area (Å²) in [6, 6.07) is 7.19. The van der Waals surface area contributed by atoms with E-state index in [1.54, 1.807) is 0 Å². The van der Waals surface area contributed by atoms with Crippen molar-refractivity contribution in [3.8, 4) is 0 Å². The minimum atomic E-state index is -1.34. The van der Waals surface area contributed by atoms with Gasteiger partial charge in [-0.05, 0) is 36.3 Å². The average Bonchev–Trinajstić information content (AvgIpc) is 2.63. The summed E-state index contributed by atoms with van der Waals surface area (Å²) in [7, 11) is 0. The number of hydrogen-bond donors (Lipinski definition) is 2. The zero-order chi connectivity index (χ0) is 20.2. The molecular weight excluding hydrogens is 368 g/mol. The summed E-state index contributed by atoms with van der Waals surface area (Å²) < 4.78 is 5.15. The minimum Gasteiger partial charge on any atom is -0.548 e. The predicted molar refractivity (Wildman–Crippen MR) is 103 cm³/mol. The first-order valence-corrected chi connectivity index (χ1v) is 10.2. The summed E-state index contributed by atoms with van der Waals surface area (Å²) in [6.07, 6.45) is 1.73. The molecule has 0 aliphatic carbocycles. The second kappa shape index (κ2) is 12.2. The molecule has 1 aromatic carbocycles. The number of rotatable bonds is 11. The van der Waals surface area contributed by atoms with Crippen LogP contribution in [-0.2, 0) is 20.9 Å². The molecule has 0 aromatic heterocycles. The number of aliphatic carboxylic acids is 1. The molecule has 0 bridgehead atoms. The van der Waals surface area contributed by atoms with E-state index < -0.39 is 30.1 Å². The molecule has 150 valence electrons. The highest BCUT2D eigenvalue weighted by atomic mass is 32.2. The van der Waals surface area contributed by atoms with Gasteiger partial charge < -0.3 is 25.3 Å². The van der Waals surface area contributed by atoms with E-state index in [2.05, 4.69) is 10.6 Å². The molecule has 0 aliphatic heterocycles. The third-order valence-corrected chi connectivity index (χ3v) is 4.38. The zero-order valence-electron chi connectivity index (χ0n) is 15.9. The number of amides is 2. The molecule has 7 nitrogen and oxygen atoms in total. The van der Waals surface area contributed by atoms with Crippen molar-refractivity contribution < 1.29 is 24.2 Å². The molecule has 8 heteroatoms. The third-order valence-electron chi connectivity index (χ3n) is 3.74. The Balaban J connectivity index is 2.65. The van der Waals surface area contributed by atoms with Crippen LogP contribution in [0.2, 0.25) is 0 Å². The number of hydrogen-bond acceptors (Lipinski definition) is 6. The molecule has 27 heavy (non-hydrogen) atoms. The molecule has 0 radical (unpaired) electrons. The van der Waals surface area contributed by atoms with Crippen LogP contribution in [0.5, 0.6) is 0 Å². The maximum atomic E-state index is 12.5. The maximum Gasteiger partial charge on any atom is 0.408 e. The van der Waals surface area contributed by atoms with E-state index in [9.17, 15) is 19.5 Å². The van der Waals surface area contributed by atoms with Gasteiger partial charge in [-0.1, -0.05) is 44.2 Å². The van der Waals surface area contributed by atoms with Crippen LogP contribution in [0.15, 0.2) is 30.3 Å². The molecule has 0 fully saturated rings. The molecule has 2 amide bonds. The van der Waals surface area contributed by atoms with Crippen molar-refractivity contribution in [3.05, 3.63) is 35.9 Å². The van der Waals surface area contributed by atoms with Crippen LogP contribution in [0, 0.1) is 5.92 Å². The summed E-state index contributed by atoms with van der Waals surface area (Å²) >= 11 is 1.48. The van der Waals surface area contributed by atoms with Crippen LogP contribution in [-0.4, -0.2) is 42.1 Å². The summed E-state index contributed by atoms with van der Waals surface area (Å²) in [6.45, 7) is 3.89. The molecule has 0 spiro atoms. The number of ether oxygens (including phenoxy) is 1. The first-order chi connectivity index (χ1) is 12.8. The number of carbonyl (C=O) groups is 3. The number of carboxylic acid groups (broad SMARTS) is 1. The van der Waals surface area contributed by atoms with Crippen LogP contribution in [0.1, 0.15) is 32.3 Å². The highest BCUT2D eigenvalue weighted by Crippen LogP contribution is 2.08. The quantitative estimate of drug-likeness (QED) is 0.585. The van der Waals surface area contributed by atoms with E-state index in [0.29, 0.717) is 12.2 Å². The maximum absolute atomic E-state index is 12.5. The van der Waals surface area contributed by atoms with Gasteiger partial charge in [-0.3, -0.25) is 4.79 Å². The Hall–Kier alpha value is -2.22. The van der Waals surface area contributed by atoms with Crippen LogP contribution in [0.3, 0.4) is 0 Å². The summed E-state index contributed by atoms with van der Waals surface area (Å²) in [4.78, 5) is 35.8. The van der Waals surface area contributed by atoms with Crippen LogP contribution >= 0.6 is 11.8 Å². The van der Waals surface area contributed by atoms with Gasteiger partial charge in [0.15, 0.2) is 0 Å². The van der Waals surface area contributed by atoms with Crippen molar-refractivity contribution in [1.29, 1.82) is 0 Å². The van der Waals surface area contributed by atoms with Gasteiger partial charge >= 0.3 is 6.09 Å². The predicted octanol–water partition coefficient (Wildman–Crippen LogP) is 1.32. The van der Waals surface area contributed by atoms with Gasteiger partial charge in [-0.2, -0.15) is 11.8 Å². The Bertz CT molecular complexity index is 609. The van der Waals surface area contributed by atoms with Gasteiger partial charge in [0.05, 0.1) is 12.0 Å². The van der Waals surface area contributed by atoms with Crippen molar-refractivity contribution in [2.45, 2.75) is 45.4 Å². The van der Waals surface area contributed by atoms with Gasteiger partial charge in [0.2, 0.25) is 5.91 Å². The van der Waals surface area contributed by atoms with E-state index in [4.69, 9.17) is 4.74 Å². The first-order valence-electron chi connectivity index (χ1n) is 8.80. The fourth-order valence-electron chi connectivity index (χ4n) is 2.37. The largest absolute Gasteiger partial charge is 0.548 e. The highest BCUT2D eigenvalue weighted by molar-refractivity contribution is 7.98. The van der Waals surface area contributed by atoms with E-state index in [0.717, 1.165) is 5.56 Å². The average molecular weight is 396 g/mol. The monoisotopic (exact) mass is 395 g/mol. The lowest BCUT2D eigenvalue weighted by atomic mass is 10.0. The Morgan fingerprint density at radius 2 is 1.78 bits per heavy atom. The number of carbonyl (C=O) groups excluding carboxylic acids is 3. The Kier molecular flexibility index (Phi) is 10.3. The second-order valence-electron chi connectivity index (χ2n) is 6.55. The molecule has 0 saturated heterocycles. The molecule has 2 atom stereocenters. The first kappa shape index (κ1) is 22.8. The minimum absolute atomic E-state index is 0.0814. The van der Waals surface area contributed by atoms with E-state index >= 15 is 0 Å². The Morgan fingerprint density at radius 1 is 1.11 bits per heavy atom. The highest BCUT2D eigenvalue weighted by Gasteiger charge is 2.25. The zero-order valence-corrected chi connectivity index (χ0v) is 16.7. The molecule has 0 unspecified atom stereocenters. The number of alkyl carbamates (subject to hydrolysis) is 1. The van der Waals surface area contributed by atoms with Crippen molar-refractivity contribution in [1.82, 2.24) is 10.6 Å².